The van der Waals surface area contributed by atoms with Gasteiger partial charge >= 0.3 is 5.97 Å². The minimum atomic E-state index is -0.484. The Kier molecular flexibility index (Phi) is 5.88. The zero-order chi connectivity index (χ0) is 23.8. The van der Waals surface area contributed by atoms with Crippen molar-refractivity contribution in [2.75, 3.05) is 0 Å². The Hall–Kier alpha value is -3.75. The van der Waals surface area contributed by atoms with Gasteiger partial charge in [-0.05, 0) is 40.8 Å². The first kappa shape index (κ1) is 22.4. The maximum Gasteiger partial charge on any atom is 0.343 e. The summed E-state index contributed by atoms with van der Waals surface area (Å²) in [5.41, 5.74) is 9.35. The second-order valence-corrected chi connectivity index (χ2v) is 9.27. The summed E-state index contributed by atoms with van der Waals surface area (Å²) in [7, 11) is 0. The third-order valence-electron chi connectivity index (χ3n) is 5.60. The maximum atomic E-state index is 12.7. The molecular weight excluding hydrogens is 436 g/mol. The average Bonchev–Trinajstić information content (AvgIpc) is 2.78. The quantitative estimate of drug-likeness (QED) is 0.380. The van der Waals surface area contributed by atoms with Crippen LogP contribution in [-0.4, -0.2) is 5.97 Å². The molecule has 0 amide bonds. The molecule has 0 aliphatic carbocycles. The highest BCUT2D eigenvalue weighted by Gasteiger charge is 2.32. The summed E-state index contributed by atoms with van der Waals surface area (Å²) in [6.45, 7) is 6.34. The van der Waals surface area contributed by atoms with Crippen molar-refractivity contribution in [3.8, 4) is 17.6 Å². The fraction of sp³-hybridized carbons (Fsp3) is 0.185. The van der Waals surface area contributed by atoms with Crippen LogP contribution in [0, 0.1) is 11.3 Å². The van der Waals surface area contributed by atoms with Crippen LogP contribution in [0.1, 0.15) is 53.7 Å². The van der Waals surface area contributed by atoms with Gasteiger partial charge in [0, 0.05) is 16.7 Å². The molecule has 2 N–H and O–H groups in total. The Morgan fingerprint density at radius 3 is 2.39 bits per heavy atom. The summed E-state index contributed by atoms with van der Waals surface area (Å²) in [4.78, 5) is 12.7. The third-order valence-corrected chi connectivity index (χ3v) is 5.95. The van der Waals surface area contributed by atoms with Gasteiger partial charge in [-0.2, -0.15) is 5.26 Å². The Morgan fingerprint density at radius 1 is 1.06 bits per heavy atom. The summed E-state index contributed by atoms with van der Waals surface area (Å²) in [6.07, 6.45) is 0. The van der Waals surface area contributed by atoms with Gasteiger partial charge in [-0.3, -0.25) is 0 Å². The lowest BCUT2D eigenvalue weighted by atomic mass is 9.83. The SMILES string of the molecule is CC(C)(C)c1ccc(C(=O)Oc2ccc3c(c2)OC(N)=C(C#N)C3c2ccccc2Cl)cc1. The highest BCUT2D eigenvalue weighted by atomic mass is 35.5. The molecule has 166 valence electrons. The van der Waals surface area contributed by atoms with E-state index in [4.69, 9.17) is 26.8 Å². The Labute approximate surface area is 198 Å². The number of nitriles is 1. The van der Waals surface area contributed by atoms with Gasteiger partial charge in [0.2, 0.25) is 5.88 Å². The molecule has 1 aliphatic rings. The smallest absolute Gasteiger partial charge is 0.343 e. The molecule has 6 heteroatoms. The molecule has 3 aromatic rings. The van der Waals surface area contributed by atoms with Crippen LogP contribution in [0.4, 0.5) is 0 Å². The normalized spacial score (nSPS) is 15.3. The molecule has 1 atom stereocenters. The van der Waals surface area contributed by atoms with E-state index in [1.54, 1.807) is 36.4 Å². The number of hydrogen-bond acceptors (Lipinski definition) is 5. The number of allylic oxidation sites excluding steroid dienone is 1. The number of hydrogen-bond donors (Lipinski definition) is 1. The van der Waals surface area contributed by atoms with Crippen molar-refractivity contribution >= 4 is 17.6 Å². The van der Waals surface area contributed by atoms with Gasteiger partial charge in [0.25, 0.3) is 0 Å². The van der Waals surface area contributed by atoms with Gasteiger partial charge in [0.05, 0.1) is 11.5 Å². The van der Waals surface area contributed by atoms with Crippen molar-refractivity contribution in [1.29, 1.82) is 5.26 Å². The lowest BCUT2D eigenvalue weighted by Crippen LogP contribution is -2.21. The molecule has 3 aromatic carbocycles. The van der Waals surface area contributed by atoms with Gasteiger partial charge in [-0.25, -0.2) is 4.79 Å². The van der Waals surface area contributed by atoms with Gasteiger partial charge in [-0.15, -0.1) is 0 Å². The molecule has 5 nitrogen and oxygen atoms in total. The number of rotatable bonds is 3. The predicted octanol–water partition coefficient (Wildman–Crippen LogP) is 6.07. The predicted molar refractivity (Wildman–Crippen MR) is 127 cm³/mol. The number of carbonyl (C=O) groups is 1. The van der Waals surface area contributed by atoms with E-state index in [-0.39, 0.29) is 16.9 Å². The van der Waals surface area contributed by atoms with Crippen LogP contribution in [0.3, 0.4) is 0 Å². The zero-order valence-electron chi connectivity index (χ0n) is 18.6. The van der Waals surface area contributed by atoms with Crippen molar-refractivity contribution in [3.63, 3.8) is 0 Å². The van der Waals surface area contributed by atoms with Gasteiger partial charge in [0.15, 0.2) is 0 Å². The third kappa shape index (κ3) is 4.44. The molecule has 1 aliphatic heterocycles. The molecular formula is C27H23ClN2O3. The van der Waals surface area contributed by atoms with Crippen LogP contribution in [0.25, 0.3) is 0 Å². The molecule has 4 rings (SSSR count). The van der Waals surface area contributed by atoms with E-state index >= 15 is 0 Å². The molecule has 0 aromatic heterocycles. The lowest BCUT2D eigenvalue weighted by Gasteiger charge is -2.27. The number of ether oxygens (including phenoxy) is 2. The molecule has 1 unspecified atom stereocenters. The number of carbonyl (C=O) groups excluding carboxylic acids is 1. The highest BCUT2D eigenvalue weighted by Crippen LogP contribution is 2.45. The highest BCUT2D eigenvalue weighted by molar-refractivity contribution is 6.31. The molecule has 0 fully saturated rings. The maximum absolute atomic E-state index is 12.7. The van der Waals surface area contributed by atoms with Gasteiger partial charge in [0.1, 0.15) is 23.1 Å². The Balaban J connectivity index is 1.64. The first-order chi connectivity index (χ1) is 15.7. The van der Waals surface area contributed by atoms with Crippen molar-refractivity contribution in [1.82, 2.24) is 0 Å². The van der Waals surface area contributed by atoms with Crippen molar-refractivity contribution in [2.45, 2.75) is 32.1 Å². The number of nitrogens with zero attached hydrogens (tertiary/aromatic N) is 1. The summed E-state index contributed by atoms with van der Waals surface area (Å²) < 4.78 is 11.3. The number of benzene rings is 3. The summed E-state index contributed by atoms with van der Waals surface area (Å²) in [5, 5.41) is 10.2. The fourth-order valence-electron chi connectivity index (χ4n) is 3.80. The standard InChI is InChI=1S/C27H23ClN2O3/c1-27(2,3)17-10-8-16(9-11-17)26(31)32-18-12-13-20-23(14-18)33-25(30)21(15-29)24(20)19-6-4-5-7-22(19)28/h4-14,24H,30H2,1-3H3. The van der Waals surface area contributed by atoms with Crippen molar-refractivity contribution in [3.05, 3.63) is 105 Å². The van der Waals surface area contributed by atoms with Crippen molar-refractivity contribution in [2.24, 2.45) is 5.73 Å². The van der Waals surface area contributed by atoms with Crippen LogP contribution in [0.15, 0.2) is 78.2 Å². The number of fused-ring (bicyclic) bond motifs is 1. The van der Waals surface area contributed by atoms with E-state index in [0.29, 0.717) is 27.6 Å². The fourth-order valence-corrected chi connectivity index (χ4v) is 4.05. The van der Waals surface area contributed by atoms with E-state index in [0.717, 1.165) is 11.1 Å². The van der Waals surface area contributed by atoms with E-state index < -0.39 is 11.9 Å². The molecule has 1 heterocycles. The lowest BCUT2D eigenvalue weighted by molar-refractivity contribution is 0.0734. The van der Waals surface area contributed by atoms with E-state index in [1.807, 2.05) is 30.3 Å². The number of halogens is 1. The van der Waals surface area contributed by atoms with E-state index in [1.165, 1.54) is 0 Å². The van der Waals surface area contributed by atoms with E-state index in [2.05, 4.69) is 26.8 Å². The zero-order valence-corrected chi connectivity index (χ0v) is 19.3. The van der Waals surface area contributed by atoms with Crippen LogP contribution < -0.4 is 15.2 Å². The Bertz CT molecular complexity index is 1300. The van der Waals surface area contributed by atoms with Crippen LogP contribution in [0.2, 0.25) is 5.02 Å². The van der Waals surface area contributed by atoms with Gasteiger partial charge < -0.3 is 15.2 Å². The van der Waals surface area contributed by atoms with Crippen LogP contribution >= 0.6 is 11.6 Å². The molecule has 0 saturated heterocycles. The summed E-state index contributed by atoms with van der Waals surface area (Å²) in [6, 6.07) is 21.8. The molecule has 0 bridgehead atoms. The number of esters is 1. The van der Waals surface area contributed by atoms with Crippen LogP contribution in [-0.2, 0) is 5.41 Å². The molecule has 0 spiro atoms. The second-order valence-electron chi connectivity index (χ2n) is 8.86. The first-order valence-electron chi connectivity index (χ1n) is 10.5. The van der Waals surface area contributed by atoms with Crippen LogP contribution in [0.5, 0.6) is 11.5 Å². The minimum Gasteiger partial charge on any atom is -0.440 e. The summed E-state index contributed by atoms with van der Waals surface area (Å²) >= 11 is 6.42. The van der Waals surface area contributed by atoms with Gasteiger partial charge in [-0.1, -0.05) is 68.8 Å². The van der Waals surface area contributed by atoms with E-state index in [9.17, 15) is 10.1 Å². The first-order valence-corrected chi connectivity index (χ1v) is 10.9. The number of nitrogens with two attached hydrogens (primary N) is 1. The van der Waals surface area contributed by atoms with Crippen molar-refractivity contribution < 1.29 is 14.3 Å². The Morgan fingerprint density at radius 2 is 1.76 bits per heavy atom. The molecule has 33 heavy (non-hydrogen) atoms. The molecule has 0 saturated carbocycles. The monoisotopic (exact) mass is 458 g/mol. The topological polar surface area (TPSA) is 85.3 Å². The largest absolute Gasteiger partial charge is 0.440 e. The molecule has 0 radical (unpaired) electrons. The minimum absolute atomic E-state index is 0.00355. The second kappa shape index (κ2) is 8.65. The summed E-state index contributed by atoms with van der Waals surface area (Å²) in [5.74, 6) is -0.247. The average molecular weight is 459 g/mol.